The third-order valence-corrected chi connectivity index (χ3v) is 6.05. The van der Waals surface area contributed by atoms with Crippen molar-refractivity contribution in [2.24, 2.45) is 0 Å². The second-order valence-electron chi connectivity index (χ2n) is 6.41. The van der Waals surface area contributed by atoms with Crippen LogP contribution in [0.5, 0.6) is 0 Å². The van der Waals surface area contributed by atoms with Crippen molar-refractivity contribution in [3.63, 3.8) is 0 Å². The number of benzene rings is 2. The molecule has 0 bridgehead atoms. The van der Waals surface area contributed by atoms with Crippen molar-refractivity contribution in [3.05, 3.63) is 70.3 Å². The van der Waals surface area contributed by atoms with Gasteiger partial charge in [-0.05, 0) is 30.5 Å². The van der Waals surface area contributed by atoms with E-state index in [0.29, 0.717) is 0 Å². The van der Waals surface area contributed by atoms with Crippen molar-refractivity contribution in [1.29, 1.82) is 0 Å². The Morgan fingerprint density at radius 2 is 1.65 bits per heavy atom. The van der Waals surface area contributed by atoms with Crippen LogP contribution in [0.15, 0.2) is 59.5 Å². The first-order valence-corrected chi connectivity index (χ1v) is 9.95. The van der Waals surface area contributed by atoms with Crippen molar-refractivity contribution in [1.82, 2.24) is 9.62 Å². The molecule has 1 N–H and O–H groups in total. The van der Waals surface area contributed by atoms with Crippen molar-refractivity contribution in [2.75, 3.05) is 13.1 Å². The Balaban J connectivity index is 1.55. The number of likely N-dealkylation sites (tertiary alicyclic amines) is 1. The molecule has 0 aliphatic carbocycles. The summed E-state index contributed by atoms with van der Waals surface area (Å²) in [7, 11) is -3.67. The number of nitro benzene ring substituents is 1. The summed E-state index contributed by atoms with van der Waals surface area (Å²) in [6, 6.07) is 15.0. The lowest BCUT2D eigenvalue weighted by Gasteiger charge is -2.32. The molecule has 2 aromatic rings. The molecule has 0 radical (unpaired) electrons. The van der Waals surface area contributed by atoms with Crippen LogP contribution >= 0.6 is 0 Å². The quantitative estimate of drug-likeness (QED) is 0.619. The minimum atomic E-state index is -3.67. The van der Waals surface area contributed by atoms with E-state index in [4.69, 9.17) is 0 Å². The number of non-ortho nitro benzene ring substituents is 1. The van der Waals surface area contributed by atoms with Crippen LogP contribution in [0.3, 0.4) is 0 Å². The highest BCUT2D eigenvalue weighted by molar-refractivity contribution is 7.89. The number of sulfonamides is 1. The van der Waals surface area contributed by atoms with Crippen LogP contribution in [0.25, 0.3) is 0 Å². The number of rotatable bonds is 6. The second-order valence-corrected chi connectivity index (χ2v) is 8.12. The van der Waals surface area contributed by atoms with Gasteiger partial charge in [-0.3, -0.25) is 15.0 Å². The van der Waals surface area contributed by atoms with E-state index >= 15 is 0 Å². The molecule has 0 aromatic heterocycles. The number of nitro groups is 1. The SMILES string of the molecule is O=[N+]([O-])c1ccc(S(=O)(=O)NC2CCN(Cc3ccccc3)CC2)cc1. The van der Waals surface area contributed by atoms with Crippen LogP contribution in [0.1, 0.15) is 18.4 Å². The number of nitrogens with zero attached hydrogens (tertiary/aromatic N) is 2. The number of nitrogens with one attached hydrogen (secondary N) is 1. The van der Waals surface area contributed by atoms with Gasteiger partial charge in [-0.2, -0.15) is 0 Å². The summed E-state index contributed by atoms with van der Waals surface area (Å²) in [4.78, 5) is 12.5. The van der Waals surface area contributed by atoms with Crippen LogP contribution in [0, 0.1) is 10.1 Å². The predicted octanol–water partition coefficient (Wildman–Crippen LogP) is 2.54. The van der Waals surface area contributed by atoms with Crippen LogP contribution in [-0.4, -0.2) is 37.4 Å². The normalized spacial score (nSPS) is 16.5. The second kappa shape index (κ2) is 7.94. The lowest BCUT2D eigenvalue weighted by atomic mass is 10.1. The molecule has 138 valence electrons. The van der Waals surface area contributed by atoms with E-state index in [0.717, 1.165) is 32.5 Å². The molecule has 0 unspecified atom stereocenters. The van der Waals surface area contributed by atoms with Gasteiger partial charge in [0.15, 0.2) is 0 Å². The molecule has 0 amide bonds. The summed E-state index contributed by atoms with van der Waals surface area (Å²) < 4.78 is 27.6. The van der Waals surface area contributed by atoms with E-state index < -0.39 is 14.9 Å². The highest BCUT2D eigenvalue weighted by Gasteiger charge is 2.25. The molecule has 0 atom stereocenters. The number of hydrogen-bond acceptors (Lipinski definition) is 5. The van der Waals surface area contributed by atoms with E-state index in [1.807, 2.05) is 18.2 Å². The summed E-state index contributed by atoms with van der Waals surface area (Å²) in [5, 5.41) is 10.7. The Labute approximate surface area is 152 Å². The molecule has 1 aliphatic rings. The molecule has 7 nitrogen and oxygen atoms in total. The third kappa shape index (κ3) is 4.66. The minimum Gasteiger partial charge on any atom is -0.299 e. The summed E-state index contributed by atoms with van der Waals surface area (Å²) in [5.74, 6) is 0. The van der Waals surface area contributed by atoms with E-state index in [1.54, 1.807) is 0 Å². The lowest BCUT2D eigenvalue weighted by Crippen LogP contribution is -2.44. The molecular weight excluding hydrogens is 354 g/mol. The monoisotopic (exact) mass is 375 g/mol. The van der Waals surface area contributed by atoms with Gasteiger partial charge in [0.1, 0.15) is 0 Å². The molecule has 2 aromatic carbocycles. The Morgan fingerprint density at radius 3 is 2.23 bits per heavy atom. The Kier molecular flexibility index (Phi) is 5.65. The molecule has 0 saturated carbocycles. The first-order chi connectivity index (χ1) is 12.4. The zero-order valence-corrected chi connectivity index (χ0v) is 15.1. The molecule has 3 rings (SSSR count). The van der Waals surface area contributed by atoms with Gasteiger partial charge in [0.2, 0.25) is 10.0 Å². The molecule has 26 heavy (non-hydrogen) atoms. The van der Waals surface area contributed by atoms with Gasteiger partial charge in [-0.25, -0.2) is 13.1 Å². The summed E-state index contributed by atoms with van der Waals surface area (Å²) >= 11 is 0. The molecular formula is C18H21N3O4S. The van der Waals surface area contributed by atoms with Gasteiger partial charge in [0, 0.05) is 37.8 Å². The highest BCUT2D eigenvalue weighted by atomic mass is 32.2. The van der Waals surface area contributed by atoms with Gasteiger partial charge in [0.25, 0.3) is 5.69 Å². The van der Waals surface area contributed by atoms with Gasteiger partial charge < -0.3 is 0 Å². The van der Waals surface area contributed by atoms with E-state index in [-0.39, 0.29) is 16.6 Å². The maximum Gasteiger partial charge on any atom is 0.269 e. The van der Waals surface area contributed by atoms with Crippen LogP contribution in [0.2, 0.25) is 0 Å². The fraction of sp³-hybridized carbons (Fsp3) is 0.333. The topological polar surface area (TPSA) is 92.5 Å². The van der Waals surface area contributed by atoms with Crippen molar-refractivity contribution < 1.29 is 13.3 Å². The number of piperidine rings is 1. The maximum absolute atomic E-state index is 12.5. The fourth-order valence-corrected chi connectivity index (χ4v) is 4.39. The van der Waals surface area contributed by atoms with E-state index in [1.165, 1.54) is 29.8 Å². The highest BCUT2D eigenvalue weighted by Crippen LogP contribution is 2.19. The average molecular weight is 375 g/mol. The van der Waals surface area contributed by atoms with Gasteiger partial charge in [-0.1, -0.05) is 30.3 Å². The lowest BCUT2D eigenvalue weighted by molar-refractivity contribution is -0.384. The minimum absolute atomic E-state index is 0.0508. The van der Waals surface area contributed by atoms with E-state index in [2.05, 4.69) is 21.8 Å². The molecule has 1 saturated heterocycles. The molecule has 1 fully saturated rings. The van der Waals surface area contributed by atoms with Crippen molar-refractivity contribution in [2.45, 2.75) is 30.3 Å². The smallest absolute Gasteiger partial charge is 0.269 e. The summed E-state index contributed by atoms with van der Waals surface area (Å²) in [6.07, 6.45) is 1.47. The molecule has 8 heteroatoms. The van der Waals surface area contributed by atoms with E-state index in [9.17, 15) is 18.5 Å². The Bertz CT molecular complexity index is 846. The van der Waals surface area contributed by atoms with Crippen molar-refractivity contribution >= 4 is 15.7 Å². The van der Waals surface area contributed by atoms with Crippen LogP contribution < -0.4 is 4.72 Å². The maximum atomic E-state index is 12.5. The fourth-order valence-electron chi connectivity index (χ4n) is 3.09. The predicted molar refractivity (Wildman–Crippen MR) is 98.2 cm³/mol. The molecule has 0 spiro atoms. The van der Waals surface area contributed by atoms with Crippen LogP contribution in [0.4, 0.5) is 5.69 Å². The summed E-state index contributed by atoms with van der Waals surface area (Å²) in [5.41, 5.74) is 1.12. The first-order valence-electron chi connectivity index (χ1n) is 8.47. The molecule has 1 heterocycles. The third-order valence-electron chi connectivity index (χ3n) is 4.52. The average Bonchev–Trinajstić information content (AvgIpc) is 2.64. The number of hydrogen-bond donors (Lipinski definition) is 1. The van der Waals surface area contributed by atoms with Crippen molar-refractivity contribution in [3.8, 4) is 0 Å². The molecule has 1 aliphatic heterocycles. The van der Waals surface area contributed by atoms with Gasteiger partial charge in [-0.15, -0.1) is 0 Å². The first kappa shape index (κ1) is 18.5. The summed E-state index contributed by atoms with van der Waals surface area (Å²) in [6.45, 7) is 2.51. The largest absolute Gasteiger partial charge is 0.299 e. The zero-order chi connectivity index (χ0) is 18.6. The van der Waals surface area contributed by atoms with Gasteiger partial charge in [0.05, 0.1) is 9.82 Å². The standard InChI is InChI=1S/C18H21N3O4S/c22-21(23)17-6-8-18(9-7-17)26(24,25)19-16-10-12-20(13-11-16)14-15-4-2-1-3-5-15/h1-9,16,19H,10-14H2. The van der Waals surface area contributed by atoms with Gasteiger partial charge >= 0.3 is 0 Å². The van der Waals surface area contributed by atoms with Crippen LogP contribution in [-0.2, 0) is 16.6 Å². The Hall–Kier alpha value is -2.29. The Morgan fingerprint density at radius 1 is 1.04 bits per heavy atom. The zero-order valence-electron chi connectivity index (χ0n) is 14.2.